The van der Waals surface area contributed by atoms with Crippen LogP contribution in [0.1, 0.15) is 10.7 Å². The van der Waals surface area contributed by atoms with Gasteiger partial charge in [-0.25, -0.2) is 5.84 Å². The molecule has 0 atom stereocenters. The molecule has 2 rings (SSSR count). The second-order valence-electron chi connectivity index (χ2n) is 2.74. The van der Waals surface area contributed by atoms with Crippen LogP contribution in [0.5, 0.6) is 0 Å². The zero-order chi connectivity index (χ0) is 11.5. The van der Waals surface area contributed by atoms with Crippen LogP contribution in [0, 0.1) is 0 Å². The van der Waals surface area contributed by atoms with Crippen molar-refractivity contribution < 1.29 is 9.21 Å². The number of nitrogen functional groups attached to an aromatic ring is 1. The highest BCUT2D eigenvalue weighted by Gasteiger charge is 2.16. The number of nitrogens with one attached hydrogen (secondary N) is 1. The molecule has 0 aliphatic carbocycles. The van der Waals surface area contributed by atoms with Crippen LogP contribution >= 0.6 is 11.6 Å². The maximum Gasteiger partial charge on any atom is 0.322 e. The van der Waals surface area contributed by atoms with Gasteiger partial charge in [-0.15, -0.1) is 10.2 Å². The van der Waals surface area contributed by atoms with Gasteiger partial charge >= 0.3 is 11.8 Å². The molecule has 0 bridgehead atoms. The minimum atomic E-state index is -0.663. The number of hydrogen-bond acceptors (Lipinski definition) is 6. The summed E-state index contributed by atoms with van der Waals surface area (Å²) in [6.07, 6.45) is 2.96. The Kier molecular flexibility index (Phi) is 2.80. The number of nitrogens with zero attached hydrogens (tertiary/aromatic N) is 3. The minimum absolute atomic E-state index is 0.131. The third-order valence-corrected chi connectivity index (χ3v) is 2.05. The molecule has 0 aromatic carbocycles. The van der Waals surface area contributed by atoms with Gasteiger partial charge in [-0.3, -0.25) is 15.2 Å². The van der Waals surface area contributed by atoms with Crippen molar-refractivity contribution in [1.82, 2.24) is 20.6 Å². The van der Waals surface area contributed by atoms with E-state index in [0.29, 0.717) is 10.6 Å². The summed E-state index contributed by atoms with van der Waals surface area (Å²) >= 11 is 5.87. The van der Waals surface area contributed by atoms with Crippen LogP contribution in [-0.2, 0) is 0 Å². The summed E-state index contributed by atoms with van der Waals surface area (Å²) < 4.78 is 5.08. The van der Waals surface area contributed by atoms with Crippen LogP contribution in [0.3, 0.4) is 0 Å². The van der Waals surface area contributed by atoms with Gasteiger partial charge in [0.25, 0.3) is 0 Å². The van der Waals surface area contributed by atoms with Crippen LogP contribution in [0.25, 0.3) is 11.5 Å². The van der Waals surface area contributed by atoms with Gasteiger partial charge in [0.2, 0.25) is 5.89 Å². The molecule has 2 aromatic heterocycles. The average molecular weight is 240 g/mol. The van der Waals surface area contributed by atoms with E-state index in [0.717, 1.165) is 0 Å². The number of halogens is 1. The Morgan fingerprint density at radius 2 is 2.31 bits per heavy atom. The molecule has 0 radical (unpaired) electrons. The number of hydrogen-bond donors (Lipinski definition) is 2. The van der Waals surface area contributed by atoms with Crippen molar-refractivity contribution in [2.75, 3.05) is 0 Å². The second kappa shape index (κ2) is 4.25. The van der Waals surface area contributed by atoms with Gasteiger partial charge in [-0.2, -0.15) is 0 Å². The summed E-state index contributed by atoms with van der Waals surface area (Å²) in [4.78, 5) is 14.9. The molecule has 0 saturated carbocycles. The summed E-state index contributed by atoms with van der Waals surface area (Å²) in [5.41, 5.74) is 2.38. The molecule has 0 spiro atoms. The lowest BCUT2D eigenvalue weighted by atomic mass is 10.3. The zero-order valence-corrected chi connectivity index (χ0v) is 8.60. The Morgan fingerprint density at radius 3 is 3.00 bits per heavy atom. The Morgan fingerprint density at radius 1 is 1.50 bits per heavy atom. The predicted molar refractivity (Wildman–Crippen MR) is 54.2 cm³/mol. The van der Waals surface area contributed by atoms with E-state index in [2.05, 4.69) is 15.2 Å². The average Bonchev–Trinajstić information content (AvgIpc) is 2.78. The molecule has 0 unspecified atom stereocenters. The third-order valence-electron chi connectivity index (χ3n) is 1.75. The van der Waals surface area contributed by atoms with E-state index in [9.17, 15) is 4.79 Å². The van der Waals surface area contributed by atoms with Gasteiger partial charge in [0.15, 0.2) is 0 Å². The van der Waals surface area contributed by atoms with E-state index < -0.39 is 5.91 Å². The fourth-order valence-electron chi connectivity index (χ4n) is 1.03. The molecule has 2 aromatic rings. The van der Waals surface area contributed by atoms with Crippen LogP contribution in [0.2, 0.25) is 5.02 Å². The molecule has 0 fully saturated rings. The first-order valence-electron chi connectivity index (χ1n) is 4.16. The van der Waals surface area contributed by atoms with Gasteiger partial charge < -0.3 is 4.42 Å². The van der Waals surface area contributed by atoms with Crippen LogP contribution < -0.4 is 11.3 Å². The number of pyridine rings is 1. The van der Waals surface area contributed by atoms with E-state index in [4.69, 9.17) is 21.9 Å². The number of carbonyl (C=O) groups excluding carboxylic acids is 1. The van der Waals surface area contributed by atoms with Gasteiger partial charge in [-0.1, -0.05) is 11.6 Å². The summed E-state index contributed by atoms with van der Waals surface area (Å²) in [6.45, 7) is 0. The van der Waals surface area contributed by atoms with Crippen molar-refractivity contribution in [3.8, 4) is 11.5 Å². The molecule has 2 heterocycles. The number of nitrogens with two attached hydrogens (primary N) is 1. The predicted octanol–water partition coefficient (Wildman–Crippen LogP) is 0.388. The Labute approximate surface area is 94.6 Å². The van der Waals surface area contributed by atoms with Crippen LogP contribution in [0.15, 0.2) is 22.9 Å². The smallest absolute Gasteiger partial charge is 0.322 e. The lowest BCUT2D eigenvalue weighted by molar-refractivity contribution is 0.0919. The molecule has 0 aliphatic heterocycles. The lowest BCUT2D eigenvalue weighted by Gasteiger charge is -1.96. The number of hydrazine groups is 1. The highest BCUT2D eigenvalue weighted by atomic mass is 35.5. The molecule has 0 saturated heterocycles. The molecule has 82 valence electrons. The quantitative estimate of drug-likeness (QED) is 0.446. The minimum Gasteiger partial charge on any atom is -0.412 e. The van der Waals surface area contributed by atoms with E-state index >= 15 is 0 Å². The van der Waals surface area contributed by atoms with Crippen LogP contribution in [0.4, 0.5) is 0 Å². The Bertz CT molecular complexity index is 527. The number of carbonyl (C=O) groups is 1. The van der Waals surface area contributed by atoms with Crippen molar-refractivity contribution in [1.29, 1.82) is 0 Å². The van der Waals surface area contributed by atoms with Gasteiger partial charge in [0.1, 0.15) is 0 Å². The van der Waals surface area contributed by atoms with Crippen molar-refractivity contribution >= 4 is 17.5 Å². The first-order chi connectivity index (χ1) is 7.72. The summed E-state index contributed by atoms with van der Waals surface area (Å²) in [7, 11) is 0. The fraction of sp³-hybridized carbons (Fsp3) is 0. The molecule has 16 heavy (non-hydrogen) atoms. The van der Waals surface area contributed by atoms with E-state index in [1.807, 2.05) is 5.43 Å². The van der Waals surface area contributed by atoms with Gasteiger partial charge in [0.05, 0.1) is 10.6 Å². The largest absolute Gasteiger partial charge is 0.412 e. The van der Waals surface area contributed by atoms with Gasteiger partial charge in [-0.05, 0) is 6.07 Å². The van der Waals surface area contributed by atoms with E-state index in [-0.39, 0.29) is 11.8 Å². The number of amides is 1. The Balaban J connectivity index is 2.39. The van der Waals surface area contributed by atoms with Crippen LogP contribution in [-0.4, -0.2) is 21.1 Å². The lowest BCUT2D eigenvalue weighted by Crippen LogP contribution is -2.30. The molecular weight excluding hydrogens is 234 g/mol. The molecule has 0 aliphatic rings. The highest BCUT2D eigenvalue weighted by Crippen LogP contribution is 2.25. The van der Waals surface area contributed by atoms with Crippen molar-refractivity contribution in [2.24, 2.45) is 5.84 Å². The first kappa shape index (κ1) is 10.5. The normalized spacial score (nSPS) is 10.1. The monoisotopic (exact) mass is 239 g/mol. The number of aromatic nitrogens is 3. The zero-order valence-electron chi connectivity index (χ0n) is 7.85. The topological polar surface area (TPSA) is 107 Å². The Hall–Kier alpha value is -1.99. The molecule has 7 nitrogen and oxygen atoms in total. The molecular formula is C8H6ClN5O2. The third kappa shape index (κ3) is 1.86. The highest BCUT2D eigenvalue weighted by molar-refractivity contribution is 6.32. The summed E-state index contributed by atoms with van der Waals surface area (Å²) in [5.74, 6) is 4.15. The molecule has 3 N–H and O–H groups in total. The fourth-order valence-corrected chi connectivity index (χ4v) is 1.23. The maximum absolute atomic E-state index is 11.1. The van der Waals surface area contributed by atoms with Gasteiger partial charge in [0, 0.05) is 12.4 Å². The van der Waals surface area contributed by atoms with Crippen molar-refractivity contribution in [3.63, 3.8) is 0 Å². The maximum atomic E-state index is 11.1. The van der Waals surface area contributed by atoms with E-state index in [1.54, 1.807) is 6.07 Å². The summed E-state index contributed by atoms with van der Waals surface area (Å²) in [5, 5.41) is 7.54. The van der Waals surface area contributed by atoms with Crippen molar-refractivity contribution in [2.45, 2.75) is 0 Å². The molecule has 1 amide bonds. The van der Waals surface area contributed by atoms with E-state index in [1.165, 1.54) is 12.4 Å². The SMILES string of the molecule is NNC(=O)c1nnc(-c2ccncc2Cl)o1. The molecule has 8 heteroatoms. The van der Waals surface area contributed by atoms with Crippen molar-refractivity contribution in [3.05, 3.63) is 29.4 Å². The number of rotatable bonds is 2. The second-order valence-corrected chi connectivity index (χ2v) is 3.15. The first-order valence-corrected chi connectivity index (χ1v) is 4.54. The summed E-state index contributed by atoms with van der Waals surface area (Å²) in [6, 6.07) is 1.60. The standard InChI is InChI=1S/C8H6ClN5O2/c9-5-3-11-2-1-4(5)7-13-14-8(16-7)6(15)12-10/h1-3H,10H2,(H,12,15).